The Balaban J connectivity index is 2.06. The Labute approximate surface area is 82.9 Å². The van der Waals surface area contributed by atoms with Gasteiger partial charge in [-0.05, 0) is 19.8 Å². The van der Waals surface area contributed by atoms with Crippen LogP contribution in [-0.4, -0.2) is 34.0 Å². The Bertz CT molecular complexity index is 278. The van der Waals surface area contributed by atoms with Gasteiger partial charge in [-0.3, -0.25) is 14.5 Å². The molecule has 1 aliphatic carbocycles. The number of likely N-dealkylation sites (tertiary alicyclic amines) is 1. The number of fused-ring (bicyclic) bond motifs is 1. The average Bonchev–Trinajstić information content (AvgIpc) is 2.87. The van der Waals surface area contributed by atoms with E-state index in [-0.39, 0.29) is 30.2 Å². The van der Waals surface area contributed by atoms with E-state index in [0.717, 1.165) is 6.42 Å². The highest BCUT2D eigenvalue weighted by molar-refractivity contribution is 6.08. The number of aliphatic hydroxyl groups is 1. The average molecular weight is 197 g/mol. The molecule has 0 aromatic carbocycles. The van der Waals surface area contributed by atoms with Gasteiger partial charge in [0, 0.05) is 0 Å². The lowest BCUT2D eigenvalue weighted by Crippen LogP contribution is -2.44. The van der Waals surface area contributed by atoms with Crippen molar-refractivity contribution in [2.45, 2.75) is 32.3 Å². The van der Waals surface area contributed by atoms with Crippen molar-refractivity contribution < 1.29 is 14.7 Å². The number of rotatable bonds is 3. The monoisotopic (exact) mass is 197 g/mol. The maximum Gasteiger partial charge on any atom is 0.233 e. The normalized spacial score (nSPS) is 34.4. The number of hydrogen-bond acceptors (Lipinski definition) is 3. The second-order valence-electron chi connectivity index (χ2n) is 4.56. The third-order valence-corrected chi connectivity index (χ3v) is 3.22. The summed E-state index contributed by atoms with van der Waals surface area (Å²) in [7, 11) is 0. The summed E-state index contributed by atoms with van der Waals surface area (Å²) in [6, 6.07) is 0. The quantitative estimate of drug-likeness (QED) is 0.655. The lowest BCUT2D eigenvalue weighted by molar-refractivity contribution is -0.145. The minimum absolute atomic E-state index is 0.0600. The summed E-state index contributed by atoms with van der Waals surface area (Å²) in [6.45, 7) is 3.64. The summed E-state index contributed by atoms with van der Waals surface area (Å²) in [5.74, 6) is -0.298. The van der Waals surface area contributed by atoms with Crippen molar-refractivity contribution in [1.29, 1.82) is 0 Å². The zero-order chi connectivity index (χ0) is 10.5. The summed E-state index contributed by atoms with van der Waals surface area (Å²) in [6.07, 6.45) is 1.27. The molecule has 0 spiro atoms. The molecule has 1 saturated heterocycles. The second kappa shape index (κ2) is 2.79. The fraction of sp³-hybridized carbons (Fsp3) is 0.800. The van der Waals surface area contributed by atoms with Crippen molar-refractivity contribution in [2.24, 2.45) is 11.8 Å². The van der Waals surface area contributed by atoms with Crippen molar-refractivity contribution in [3.05, 3.63) is 0 Å². The Morgan fingerprint density at radius 1 is 1.43 bits per heavy atom. The van der Waals surface area contributed by atoms with E-state index in [1.807, 2.05) is 6.92 Å². The smallest absolute Gasteiger partial charge is 0.233 e. The fourth-order valence-corrected chi connectivity index (χ4v) is 1.86. The van der Waals surface area contributed by atoms with Crippen LogP contribution in [0.15, 0.2) is 0 Å². The van der Waals surface area contributed by atoms with Crippen LogP contribution >= 0.6 is 0 Å². The molecule has 0 aromatic heterocycles. The molecule has 0 aromatic rings. The molecule has 3 atom stereocenters. The minimum atomic E-state index is -0.942. The molecule has 78 valence electrons. The summed E-state index contributed by atoms with van der Waals surface area (Å²) in [4.78, 5) is 24.3. The van der Waals surface area contributed by atoms with Crippen molar-refractivity contribution in [1.82, 2.24) is 4.90 Å². The van der Waals surface area contributed by atoms with Crippen molar-refractivity contribution in [3.63, 3.8) is 0 Å². The molecule has 3 unspecified atom stereocenters. The van der Waals surface area contributed by atoms with Crippen molar-refractivity contribution >= 4 is 11.8 Å². The lowest BCUT2D eigenvalue weighted by Gasteiger charge is -2.27. The molecule has 0 bridgehead atoms. The number of imide groups is 1. The van der Waals surface area contributed by atoms with E-state index in [2.05, 4.69) is 0 Å². The van der Waals surface area contributed by atoms with Gasteiger partial charge in [-0.1, -0.05) is 6.92 Å². The first-order chi connectivity index (χ1) is 6.46. The number of carbonyl (C=O) groups is 2. The highest BCUT2D eigenvalue weighted by atomic mass is 16.3. The van der Waals surface area contributed by atoms with Crippen LogP contribution in [0.2, 0.25) is 0 Å². The van der Waals surface area contributed by atoms with E-state index >= 15 is 0 Å². The molecule has 1 aliphatic heterocycles. The predicted octanol–water partition coefficient (Wildman–Crippen LogP) is 0.152. The van der Waals surface area contributed by atoms with E-state index in [1.165, 1.54) is 4.90 Å². The molecule has 4 heteroatoms. The summed E-state index contributed by atoms with van der Waals surface area (Å²) in [5, 5.41) is 9.77. The number of β-amino-alcohol motifs (C(OH)–C–C–N with tert-alkyl or cyclic N) is 1. The van der Waals surface area contributed by atoms with E-state index in [1.54, 1.807) is 6.92 Å². The lowest BCUT2D eigenvalue weighted by atomic mass is 10.0. The van der Waals surface area contributed by atoms with Gasteiger partial charge in [-0.25, -0.2) is 0 Å². The maximum absolute atomic E-state index is 11.5. The van der Waals surface area contributed by atoms with Gasteiger partial charge in [0.2, 0.25) is 11.8 Å². The topological polar surface area (TPSA) is 57.6 Å². The van der Waals surface area contributed by atoms with Crippen LogP contribution in [0, 0.1) is 11.8 Å². The molecule has 2 amide bonds. The van der Waals surface area contributed by atoms with Gasteiger partial charge in [-0.2, -0.15) is 0 Å². The largest absolute Gasteiger partial charge is 0.388 e. The Morgan fingerprint density at radius 3 is 2.36 bits per heavy atom. The van der Waals surface area contributed by atoms with Crippen LogP contribution in [0.1, 0.15) is 26.7 Å². The zero-order valence-electron chi connectivity index (χ0n) is 8.49. The number of hydrogen-bond donors (Lipinski definition) is 1. The Kier molecular flexibility index (Phi) is 1.93. The molecule has 1 saturated carbocycles. The number of carbonyl (C=O) groups excluding carboxylic acids is 2. The molecule has 4 nitrogen and oxygen atoms in total. The summed E-state index contributed by atoms with van der Waals surface area (Å²) < 4.78 is 0. The first-order valence-electron chi connectivity index (χ1n) is 5.04. The van der Waals surface area contributed by atoms with E-state index in [4.69, 9.17) is 0 Å². The van der Waals surface area contributed by atoms with Gasteiger partial charge in [0.25, 0.3) is 0 Å². The molecular formula is C10H15NO3. The third kappa shape index (κ3) is 1.34. The fourth-order valence-electron chi connectivity index (χ4n) is 1.86. The third-order valence-electron chi connectivity index (χ3n) is 3.22. The predicted molar refractivity (Wildman–Crippen MR) is 49.2 cm³/mol. The number of piperidine rings is 1. The van der Waals surface area contributed by atoms with Crippen LogP contribution in [0.3, 0.4) is 0 Å². The van der Waals surface area contributed by atoms with Crippen LogP contribution in [0.4, 0.5) is 0 Å². The van der Waals surface area contributed by atoms with E-state index in [0.29, 0.717) is 6.42 Å². The molecule has 0 radical (unpaired) electrons. The van der Waals surface area contributed by atoms with E-state index in [9.17, 15) is 14.7 Å². The van der Waals surface area contributed by atoms with Gasteiger partial charge in [0.15, 0.2) is 0 Å². The summed E-state index contributed by atoms with van der Waals surface area (Å²) in [5.41, 5.74) is -0.942. The first-order valence-corrected chi connectivity index (χ1v) is 5.04. The Morgan fingerprint density at radius 2 is 1.93 bits per heavy atom. The van der Waals surface area contributed by atoms with Crippen molar-refractivity contribution in [3.8, 4) is 0 Å². The highest BCUT2D eigenvalue weighted by Crippen LogP contribution is 2.47. The first kappa shape index (κ1) is 9.65. The zero-order valence-corrected chi connectivity index (χ0v) is 8.49. The standard InChI is InChI=1S/C10H15NO3/c1-3-10(2,14)5-11-8(12)6-4-7(6)9(11)13/h6-7,14H,3-5H2,1-2H3. The summed E-state index contributed by atoms with van der Waals surface area (Å²) >= 11 is 0. The number of nitrogens with zero attached hydrogens (tertiary/aromatic N) is 1. The SMILES string of the molecule is CCC(C)(O)CN1C(=O)C2CC2C1=O. The molecule has 1 N–H and O–H groups in total. The molecule has 2 rings (SSSR count). The molecular weight excluding hydrogens is 182 g/mol. The van der Waals surface area contributed by atoms with Crippen LogP contribution in [0.25, 0.3) is 0 Å². The van der Waals surface area contributed by atoms with Crippen LogP contribution in [-0.2, 0) is 9.59 Å². The molecule has 2 fully saturated rings. The van der Waals surface area contributed by atoms with Gasteiger partial charge in [-0.15, -0.1) is 0 Å². The molecule has 14 heavy (non-hydrogen) atoms. The van der Waals surface area contributed by atoms with E-state index < -0.39 is 5.60 Å². The van der Waals surface area contributed by atoms with Crippen LogP contribution in [0.5, 0.6) is 0 Å². The number of amides is 2. The van der Waals surface area contributed by atoms with Gasteiger partial charge in [0.1, 0.15) is 0 Å². The van der Waals surface area contributed by atoms with Crippen molar-refractivity contribution in [2.75, 3.05) is 6.54 Å². The Hall–Kier alpha value is -0.900. The molecule has 1 heterocycles. The van der Waals surface area contributed by atoms with Crippen LogP contribution < -0.4 is 0 Å². The maximum atomic E-state index is 11.5. The van der Waals surface area contributed by atoms with Gasteiger partial charge < -0.3 is 5.11 Å². The van der Waals surface area contributed by atoms with Gasteiger partial charge >= 0.3 is 0 Å². The minimum Gasteiger partial charge on any atom is -0.388 e. The molecule has 2 aliphatic rings. The second-order valence-corrected chi connectivity index (χ2v) is 4.56. The van der Waals surface area contributed by atoms with Gasteiger partial charge in [0.05, 0.1) is 24.0 Å². The highest BCUT2D eigenvalue weighted by Gasteiger charge is 2.59.